The number of hydrogen-bond donors (Lipinski definition) is 1. The Kier molecular flexibility index (Phi) is 6.86. The minimum absolute atomic E-state index is 0.0197. The van der Waals surface area contributed by atoms with Crippen molar-refractivity contribution in [1.29, 1.82) is 0 Å². The fraction of sp³-hybridized carbons (Fsp3) is 0.407. The SMILES string of the molecule is Cc1cc(C)cc(-n2c(C)cc([C@@H]3[C@H](c4ccccn4)NC(=S)N3CCCN(C)C)c2C)c1. The molecule has 0 radical (unpaired) electrons. The van der Waals surface area contributed by atoms with Crippen LogP contribution in [-0.2, 0) is 0 Å². The first-order chi connectivity index (χ1) is 15.8. The van der Waals surface area contributed by atoms with Gasteiger partial charge in [-0.3, -0.25) is 4.98 Å². The average molecular weight is 462 g/mol. The lowest BCUT2D eigenvalue weighted by atomic mass is 9.96. The van der Waals surface area contributed by atoms with E-state index in [0.29, 0.717) is 0 Å². The van der Waals surface area contributed by atoms with Crippen molar-refractivity contribution in [3.63, 3.8) is 0 Å². The van der Waals surface area contributed by atoms with Crippen molar-refractivity contribution < 1.29 is 0 Å². The molecule has 6 heteroatoms. The largest absolute Gasteiger partial charge is 0.352 e. The Hall–Kier alpha value is -2.70. The van der Waals surface area contributed by atoms with E-state index in [0.717, 1.165) is 30.3 Å². The molecule has 1 saturated heterocycles. The lowest BCUT2D eigenvalue weighted by molar-refractivity contribution is 0.292. The Balaban J connectivity index is 1.78. The van der Waals surface area contributed by atoms with Crippen LogP contribution in [0.3, 0.4) is 0 Å². The molecule has 3 heterocycles. The van der Waals surface area contributed by atoms with Crippen LogP contribution < -0.4 is 5.32 Å². The van der Waals surface area contributed by atoms with Crippen LogP contribution in [0.5, 0.6) is 0 Å². The van der Waals surface area contributed by atoms with Crippen LogP contribution in [0.25, 0.3) is 5.69 Å². The standard InChI is InChI=1S/C27H35N5S/c1-18-14-19(2)16-22(15-18)32-20(3)17-23(21(32)4)26-25(24-10-7-8-11-28-24)29-27(33)31(26)13-9-12-30(5)6/h7-8,10-11,14-17,25-26H,9,12-13H2,1-6H3,(H,29,33)/t25-,26+/m0/s1. The number of benzene rings is 1. The first kappa shape index (κ1) is 23.5. The molecule has 1 aromatic carbocycles. The summed E-state index contributed by atoms with van der Waals surface area (Å²) in [6, 6.07) is 15.3. The second-order valence-electron chi connectivity index (χ2n) is 9.48. The third kappa shape index (κ3) is 4.82. The van der Waals surface area contributed by atoms with Gasteiger partial charge in [-0.05, 0) is 114 Å². The Labute approximate surface area is 203 Å². The highest BCUT2D eigenvalue weighted by molar-refractivity contribution is 7.80. The van der Waals surface area contributed by atoms with Gasteiger partial charge in [0.2, 0.25) is 0 Å². The van der Waals surface area contributed by atoms with Crippen molar-refractivity contribution in [3.8, 4) is 5.69 Å². The summed E-state index contributed by atoms with van der Waals surface area (Å²) in [6.45, 7) is 10.7. The van der Waals surface area contributed by atoms with E-state index in [1.165, 1.54) is 33.8 Å². The van der Waals surface area contributed by atoms with E-state index in [9.17, 15) is 0 Å². The molecule has 2 aromatic heterocycles. The summed E-state index contributed by atoms with van der Waals surface area (Å²) in [5.74, 6) is 0. The van der Waals surface area contributed by atoms with Crippen LogP contribution in [0.4, 0.5) is 0 Å². The second-order valence-corrected chi connectivity index (χ2v) is 9.87. The van der Waals surface area contributed by atoms with Gasteiger partial charge in [0.15, 0.2) is 5.11 Å². The summed E-state index contributed by atoms with van der Waals surface area (Å²) >= 11 is 5.85. The average Bonchev–Trinajstić information content (AvgIpc) is 3.23. The van der Waals surface area contributed by atoms with Crippen LogP contribution in [-0.4, -0.2) is 51.6 Å². The lowest BCUT2D eigenvalue weighted by Crippen LogP contribution is -2.32. The van der Waals surface area contributed by atoms with Crippen LogP contribution in [0.1, 0.15) is 52.3 Å². The fourth-order valence-electron chi connectivity index (χ4n) is 5.11. The molecule has 1 N–H and O–H groups in total. The first-order valence-electron chi connectivity index (χ1n) is 11.7. The van der Waals surface area contributed by atoms with Gasteiger partial charge in [-0.1, -0.05) is 12.1 Å². The first-order valence-corrected chi connectivity index (χ1v) is 12.1. The predicted octanol–water partition coefficient (Wildman–Crippen LogP) is 5.03. The van der Waals surface area contributed by atoms with Gasteiger partial charge in [0.1, 0.15) is 0 Å². The molecule has 2 atom stereocenters. The van der Waals surface area contributed by atoms with E-state index in [1.54, 1.807) is 0 Å². The molecule has 0 bridgehead atoms. The van der Waals surface area contributed by atoms with E-state index < -0.39 is 0 Å². The number of rotatable bonds is 7. The molecule has 33 heavy (non-hydrogen) atoms. The Bertz CT molecular complexity index is 1110. The quantitative estimate of drug-likeness (QED) is 0.500. The van der Waals surface area contributed by atoms with E-state index in [-0.39, 0.29) is 12.1 Å². The summed E-state index contributed by atoms with van der Waals surface area (Å²) in [4.78, 5) is 9.28. The molecule has 0 saturated carbocycles. The van der Waals surface area contributed by atoms with Gasteiger partial charge in [0.25, 0.3) is 0 Å². The Morgan fingerprint density at radius 1 is 1.03 bits per heavy atom. The minimum Gasteiger partial charge on any atom is -0.352 e. The van der Waals surface area contributed by atoms with Crippen LogP contribution >= 0.6 is 12.2 Å². The van der Waals surface area contributed by atoms with Crippen molar-refractivity contribution in [2.24, 2.45) is 0 Å². The van der Waals surface area contributed by atoms with Gasteiger partial charge in [0, 0.05) is 29.8 Å². The number of hydrogen-bond acceptors (Lipinski definition) is 3. The highest BCUT2D eigenvalue weighted by Crippen LogP contribution is 2.41. The minimum atomic E-state index is 0.0197. The molecule has 0 amide bonds. The van der Waals surface area contributed by atoms with Crippen molar-refractivity contribution in [2.45, 2.75) is 46.2 Å². The number of nitrogens with zero attached hydrogens (tertiary/aromatic N) is 4. The maximum absolute atomic E-state index is 5.85. The summed E-state index contributed by atoms with van der Waals surface area (Å²) in [7, 11) is 4.23. The highest BCUT2D eigenvalue weighted by atomic mass is 32.1. The third-order valence-corrected chi connectivity index (χ3v) is 6.81. The molecule has 1 aliphatic rings. The molecule has 4 rings (SSSR count). The zero-order valence-electron chi connectivity index (χ0n) is 20.6. The number of aryl methyl sites for hydroxylation is 3. The molecule has 0 spiro atoms. The molecule has 1 fully saturated rings. The topological polar surface area (TPSA) is 36.3 Å². The summed E-state index contributed by atoms with van der Waals surface area (Å²) < 4.78 is 2.38. The van der Waals surface area contributed by atoms with E-state index in [1.807, 2.05) is 12.3 Å². The monoisotopic (exact) mass is 461 g/mol. The second kappa shape index (κ2) is 9.65. The molecule has 0 unspecified atom stereocenters. The molecule has 1 aliphatic heterocycles. The number of pyridine rings is 1. The smallest absolute Gasteiger partial charge is 0.170 e. The fourth-order valence-corrected chi connectivity index (χ4v) is 5.44. The number of thiocarbonyl (C=S) groups is 1. The lowest BCUT2D eigenvalue weighted by Gasteiger charge is -2.28. The zero-order valence-corrected chi connectivity index (χ0v) is 21.4. The summed E-state index contributed by atoms with van der Waals surface area (Å²) in [6.07, 6.45) is 2.92. The Morgan fingerprint density at radius 2 is 1.76 bits per heavy atom. The van der Waals surface area contributed by atoms with Crippen molar-refractivity contribution >= 4 is 17.3 Å². The summed E-state index contributed by atoms with van der Waals surface area (Å²) in [5, 5.41) is 4.40. The highest BCUT2D eigenvalue weighted by Gasteiger charge is 2.41. The van der Waals surface area contributed by atoms with Gasteiger partial charge in [-0.15, -0.1) is 0 Å². The molecular weight excluding hydrogens is 426 g/mol. The van der Waals surface area contributed by atoms with Gasteiger partial charge in [0.05, 0.1) is 17.8 Å². The third-order valence-electron chi connectivity index (χ3n) is 6.46. The zero-order chi connectivity index (χ0) is 23.7. The van der Waals surface area contributed by atoms with Gasteiger partial charge in [-0.25, -0.2) is 0 Å². The van der Waals surface area contributed by atoms with E-state index in [2.05, 4.69) is 97.9 Å². The maximum atomic E-state index is 5.85. The van der Waals surface area contributed by atoms with E-state index >= 15 is 0 Å². The Morgan fingerprint density at radius 3 is 2.39 bits per heavy atom. The molecule has 5 nitrogen and oxygen atoms in total. The van der Waals surface area contributed by atoms with Crippen molar-refractivity contribution in [1.82, 2.24) is 24.7 Å². The maximum Gasteiger partial charge on any atom is 0.170 e. The predicted molar refractivity (Wildman–Crippen MR) is 140 cm³/mol. The van der Waals surface area contributed by atoms with Crippen molar-refractivity contribution in [2.75, 3.05) is 27.2 Å². The van der Waals surface area contributed by atoms with Crippen molar-refractivity contribution in [3.05, 3.63) is 82.4 Å². The van der Waals surface area contributed by atoms with Gasteiger partial charge >= 0.3 is 0 Å². The van der Waals surface area contributed by atoms with Crippen LogP contribution in [0, 0.1) is 27.7 Å². The summed E-state index contributed by atoms with van der Waals surface area (Å²) in [5.41, 5.74) is 8.59. The number of aromatic nitrogens is 2. The van der Waals surface area contributed by atoms with Crippen LogP contribution in [0.15, 0.2) is 48.7 Å². The van der Waals surface area contributed by atoms with Crippen LogP contribution in [0.2, 0.25) is 0 Å². The van der Waals surface area contributed by atoms with E-state index in [4.69, 9.17) is 17.2 Å². The molecular formula is C27H35N5S. The molecule has 0 aliphatic carbocycles. The molecule has 3 aromatic rings. The normalized spacial score (nSPS) is 18.3. The molecule has 174 valence electrons. The van der Waals surface area contributed by atoms with Gasteiger partial charge in [-0.2, -0.15) is 0 Å². The van der Waals surface area contributed by atoms with Gasteiger partial charge < -0.3 is 19.7 Å². The number of nitrogens with one attached hydrogen (secondary N) is 1.